The van der Waals surface area contributed by atoms with Crippen LogP contribution >= 0.6 is 0 Å². The molecular formula is C25H27N3O5S. The first-order valence-electron chi connectivity index (χ1n) is 11.0. The van der Waals surface area contributed by atoms with Crippen molar-refractivity contribution >= 4 is 22.0 Å². The third-order valence-electron chi connectivity index (χ3n) is 5.76. The normalized spacial score (nSPS) is 15.1. The molecule has 0 N–H and O–H groups in total. The van der Waals surface area contributed by atoms with Crippen LogP contribution in [-0.2, 0) is 16.6 Å². The number of carbonyl (C=O) groups excluding carboxylic acids is 1. The van der Waals surface area contributed by atoms with Gasteiger partial charge in [-0.3, -0.25) is 4.79 Å². The van der Waals surface area contributed by atoms with Crippen molar-refractivity contribution in [1.82, 2.24) is 14.4 Å². The summed E-state index contributed by atoms with van der Waals surface area (Å²) < 4.78 is 37.8. The lowest BCUT2D eigenvalue weighted by molar-refractivity contribution is 0.0698. The van der Waals surface area contributed by atoms with Crippen LogP contribution in [0.25, 0.3) is 6.08 Å². The van der Waals surface area contributed by atoms with Gasteiger partial charge in [-0.1, -0.05) is 41.6 Å². The van der Waals surface area contributed by atoms with Crippen LogP contribution in [0, 0.1) is 13.8 Å². The van der Waals surface area contributed by atoms with E-state index in [4.69, 9.17) is 9.26 Å². The van der Waals surface area contributed by atoms with Gasteiger partial charge in [-0.15, -0.1) is 0 Å². The van der Waals surface area contributed by atoms with Crippen molar-refractivity contribution in [3.63, 3.8) is 0 Å². The van der Waals surface area contributed by atoms with Crippen LogP contribution in [0.3, 0.4) is 0 Å². The summed E-state index contributed by atoms with van der Waals surface area (Å²) in [6, 6.07) is 16.3. The van der Waals surface area contributed by atoms with E-state index in [1.807, 2.05) is 44.2 Å². The van der Waals surface area contributed by atoms with Gasteiger partial charge in [-0.2, -0.15) is 4.31 Å². The third-order valence-corrected chi connectivity index (χ3v) is 7.33. The molecule has 8 nitrogen and oxygen atoms in total. The van der Waals surface area contributed by atoms with Crippen molar-refractivity contribution in [2.24, 2.45) is 0 Å². The molecule has 178 valence electrons. The van der Waals surface area contributed by atoms with Gasteiger partial charge in [-0.25, -0.2) is 8.42 Å². The predicted octanol–water partition coefficient (Wildman–Crippen LogP) is 3.63. The van der Waals surface area contributed by atoms with E-state index in [0.29, 0.717) is 36.8 Å². The molecular weight excluding hydrogens is 454 g/mol. The molecule has 1 aliphatic heterocycles. The maximum Gasteiger partial charge on any atom is 0.254 e. The highest BCUT2D eigenvalue weighted by Crippen LogP contribution is 2.20. The standard InChI is InChI=1S/C25H27N3O5S/c1-19-24(20(2)33-26-19)18-32-23-10-6-9-22(17-23)25(29)27-12-14-28(15-13-27)34(30,31)16-11-21-7-4-3-5-8-21/h3-11,16-17H,12-15,18H2,1-2H3/b16-11+. The van der Waals surface area contributed by atoms with Crippen LogP contribution in [0.1, 0.15) is 32.9 Å². The molecule has 0 aliphatic carbocycles. The first-order chi connectivity index (χ1) is 16.3. The van der Waals surface area contributed by atoms with Gasteiger partial charge in [0.2, 0.25) is 10.0 Å². The average Bonchev–Trinajstić information content (AvgIpc) is 3.19. The van der Waals surface area contributed by atoms with Gasteiger partial charge in [0.1, 0.15) is 18.1 Å². The van der Waals surface area contributed by atoms with E-state index < -0.39 is 10.0 Å². The number of amides is 1. The molecule has 0 radical (unpaired) electrons. The van der Waals surface area contributed by atoms with Crippen molar-refractivity contribution < 1.29 is 22.5 Å². The molecule has 1 aliphatic rings. The van der Waals surface area contributed by atoms with Gasteiger partial charge < -0.3 is 14.2 Å². The molecule has 0 unspecified atom stereocenters. The van der Waals surface area contributed by atoms with E-state index in [0.717, 1.165) is 16.8 Å². The van der Waals surface area contributed by atoms with Gasteiger partial charge in [0.15, 0.2) is 0 Å². The minimum absolute atomic E-state index is 0.153. The number of aryl methyl sites for hydroxylation is 2. The zero-order valence-corrected chi connectivity index (χ0v) is 20.0. The zero-order chi connectivity index (χ0) is 24.1. The van der Waals surface area contributed by atoms with Crippen LogP contribution in [0.4, 0.5) is 0 Å². The van der Waals surface area contributed by atoms with Crippen molar-refractivity contribution in [2.75, 3.05) is 26.2 Å². The lowest BCUT2D eigenvalue weighted by Crippen LogP contribution is -2.50. The van der Waals surface area contributed by atoms with Gasteiger partial charge in [0, 0.05) is 37.2 Å². The fourth-order valence-electron chi connectivity index (χ4n) is 3.73. The second-order valence-electron chi connectivity index (χ2n) is 8.07. The van der Waals surface area contributed by atoms with E-state index in [-0.39, 0.29) is 19.0 Å². The number of carbonyl (C=O) groups is 1. The Bertz CT molecular complexity index is 1260. The Morgan fingerprint density at radius 1 is 1.06 bits per heavy atom. The number of sulfonamides is 1. The highest BCUT2D eigenvalue weighted by molar-refractivity contribution is 7.92. The summed E-state index contributed by atoms with van der Waals surface area (Å²) in [4.78, 5) is 14.7. The van der Waals surface area contributed by atoms with Gasteiger partial charge in [0.25, 0.3) is 5.91 Å². The molecule has 0 spiro atoms. The molecule has 4 rings (SSSR count). The fraction of sp³-hybridized carbons (Fsp3) is 0.280. The molecule has 2 aromatic carbocycles. The smallest absolute Gasteiger partial charge is 0.254 e. The summed E-state index contributed by atoms with van der Waals surface area (Å²) >= 11 is 0. The number of aromatic nitrogens is 1. The summed E-state index contributed by atoms with van der Waals surface area (Å²) in [7, 11) is -3.56. The molecule has 1 aromatic heterocycles. The average molecular weight is 482 g/mol. The molecule has 2 heterocycles. The predicted molar refractivity (Wildman–Crippen MR) is 129 cm³/mol. The van der Waals surface area contributed by atoms with E-state index in [1.165, 1.54) is 9.71 Å². The molecule has 0 atom stereocenters. The molecule has 1 amide bonds. The molecule has 0 saturated carbocycles. The first kappa shape index (κ1) is 23.7. The maximum atomic E-state index is 13.0. The Labute approximate surface area is 199 Å². The van der Waals surface area contributed by atoms with Crippen molar-refractivity contribution in [2.45, 2.75) is 20.5 Å². The molecule has 34 heavy (non-hydrogen) atoms. The minimum Gasteiger partial charge on any atom is -0.489 e. The van der Waals surface area contributed by atoms with Gasteiger partial charge in [0.05, 0.1) is 11.3 Å². The number of hydrogen-bond acceptors (Lipinski definition) is 6. The monoisotopic (exact) mass is 481 g/mol. The lowest BCUT2D eigenvalue weighted by atomic mass is 10.1. The SMILES string of the molecule is Cc1noc(C)c1COc1cccc(C(=O)N2CCN(S(=O)(=O)/C=C/c3ccccc3)CC2)c1. The maximum absolute atomic E-state index is 13.0. The summed E-state index contributed by atoms with van der Waals surface area (Å²) in [6.07, 6.45) is 1.58. The van der Waals surface area contributed by atoms with Crippen LogP contribution in [0.15, 0.2) is 64.5 Å². The van der Waals surface area contributed by atoms with E-state index in [2.05, 4.69) is 5.16 Å². The Balaban J connectivity index is 1.35. The second-order valence-corrected chi connectivity index (χ2v) is 9.89. The minimum atomic E-state index is -3.56. The van der Waals surface area contributed by atoms with E-state index >= 15 is 0 Å². The molecule has 1 fully saturated rings. The van der Waals surface area contributed by atoms with Crippen molar-refractivity contribution in [3.8, 4) is 5.75 Å². The summed E-state index contributed by atoms with van der Waals surface area (Å²) in [5.74, 6) is 1.12. The number of benzene rings is 2. The third kappa shape index (κ3) is 5.55. The Hall–Kier alpha value is -3.43. The van der Waals surface area contributed by atoms with E-state index in [1.54, 1.807) is 35.2 Å². The Kier molecular flexibility index (Phi) is 7.14. The number of rotatable bonds is 7. The quantitative estimate of drug-likeness (QED) is 0.512. The number of nitrogens with zero attached hydrogens (tertiary/aromatic N) is 3. The summed E-state index contributed by atoms with van der Waals surface area (Å²) in [5, 5.41) is 5.14. The van der Waals surface area contributed by atoms with Crippen LogP contribution in [0.5, 0.6) is 5.75 Å². The van der Waals surface area contributed by atoms with Crippen molar-refractivity contribution in [1.29, 1.82) is 0 Å². The summed E-state index contributed by atoms with van der Waals surface area (Å²) in [6.45, 7) is 5.11. The van der Waals surface area contributed by atoms with Gasteiger partial charge in [-0.05, 0) is 43.7 Å². The molecule has 3 aromatic rings. The number of hydrogen-bond donors (Lipinski definition) is 0. The largest absolute Gasteiger partial charge is 0.489 e. The van der Waals surface area contributed by atoms with Gasteiger partial charge >= 0.3 is 0 Å². The fourth-order valence-corrected chi connectivity index (χ4v) is 4.90. The molecule has 0 bridgehead atoms. The highest BCUT2D eigenvalue weighted by Gasteiger charge is 2.28. The lowest BCUT2D eigenvalue weighted by Gasteiger charge is -2.33. The van der Waals surface area contributed by atoms with Crippen molar-refractivity contribution in [3.05, 3.63) is 88.1 Å². The van der Waals surface area contributed by atoms with Crippen LogP contribution < -0.4 is 4.74 Å². The molecule has 9 heteroatoms. The van der Waals surface area contributed by atoms with E-state index in [9.17, 15) is 13.2 Å². The highest BCUT2D eigenvalue weighted by atomic mass is 32.2. The number of piperazine rings is 1. The first-order valence-corrected chi connectivity index (χ1v) is 12.5. The zero-order valence-electron chi connectivity index (χ0n) is 19.2. The second kappa shape index (κ2) is 10.2. The summed E-state index contributed by atoms with van der Waals surface area (Å²) in [5.41, 5.74) is 2.97. The Morgan fingerprint density at radius 2 is 1.79 bits per heavy atom. The van der Waals surface area contributed by atoms with Crippen LogP contribution in [0.2, 0.25) is 0 Å². The van der Waals surface area contributed by atoms with Crippen LogP contribution in [-0.4, -0.2) is 54.9 Å². The number of ether oxygens (including phenoxy) is 1. The molecule has 1 saturated heterocycles. The topological polar surface area (TPSA) is 93.0 Å². The Morgan fingerprint density at radius 3 is 2.47 bits per heavy atom.